The number of aliphatic carboxylic acids is 1. The molecule has 21 heavy (non-hydrogen) atoms. The molecule has 0 radical (unpaired) electrons. The average molecular weight is 284 g/mol. The van der Waals surface area contributed by atoms with Crippen LogP contribution in [0.1, 0.15) is 5.56 Å². The van der Waals surface area contributed by atoms with Crippen molar-refractivity contribution >= 4 is 11.7 Å². The summed E-state index contributed by atoms with van der Waals surface area (Å²) < 4.78 is 0. The van der Waals surface area contributed by atoms with Gasteiger partial charge in [0, 0.05) is 12.7 Å². The second kappa shape index (κ2) is 6.41. The minimum Gasteiger partial charge on any atom is -0.480 e. The Morgan fingerprint density at radius 3 is 2.10 bits per heavy atom. The van der Waals surface area contributed by atoms with E-state index in [2.05, 4.69) is 5.32 Å². The van der Waals surface area contributed by atoms with Gasteiger partial charge in [-0.1, -0.05) is 48.5 Å². The van der Waals surface area contributed by atoms with Crippen LogP contribution in [0.2, 0.25) is 0 Å². The number of nitrogens with one attached hydrogen (secondary N) is 1. The summed E-state index contributed by atoms with van der Waals surface area (Å²) in [5, 5.41) is 12.8. The standard InChI is InChI=1S/C17H20N2O2/c1-18-17(16(20)21,14-9-5-3-6-10-14)13-19(2)15-11-7-4-8-12-15/h3-12,18H,13H2,1-2H3,(H,20,21). The first kappa shape index (κ1) is 15.1. The molecule has 4 heteroatoms. The highest BCUT2D eigenvalue weighted by atomic mass is 16.4. The number of rotatable bonds is 6. The van der Waals surface area contributed by atoms with Crippen LogP contribution in [0.4, 0.5) is 5.69 Å². The predicted molar refractivity (Wildman–Crippen MR) is 84.5 cm³/mol. The van der Waals surface area contributed by atoms with E-state index >= 15 is 0 Å². The SMILES string of the molecule is CNC(CN(C)c1ccccc1)(C(=O)O)c1ccccc1. The van der Waals surface area contributed by atoms with Crippen molar-refractivity contribution in [2.45, 2.75) is 5.54 Å². The van der Waals surface area contributed by atoms with Crippen molar-refractivity contribution < 1.29 is 9.90 Å². The fraction of sp³-hybridized carbons (Fsp3) is 0.235. The van der Waals surface area contributed by atoms with Crippen molar-refractivity contribution in [3.63, 3.8) is 0 Å². The minimum atomic E-state index is -1.15. The fourth-order valence-electron chi connectivity index (χ4n) is 2.46. The van der Waals surface area contributed by atoms with E-state index in [1.807, 2.05) is 72.6 Å². The molecule has 2 aromatic rings. The third kappa shape index (κ3) is 3.06. The Kier molecular flexibility index (Phi) is 4.60. The van der Waals surface area contributed by atoms with Crippen molar-refractivity contribution in [3.05, 3.63) is 66.2 Å². The number of para-hydroxylation sites is 1. The smallest absolute Gasteiger partial charge is 0.330 e. The van der Waals surface area contributed by atoms with Gasteiger partial charge in [0.1, 0.15) is 0 Å². The number of carbonyl (C=O) groups is 1. The quantitative estimate of drug-likeness (QED) is 0.855. The van der Waals surface area contributed by atoms with Crippen LogP contribution in [0.5, 0.6) is 0 Å². The second-order valence-corrected chi connectivity index (χ2v) is 5.02. The van der Waals surface area contributed by atoms with Crippen LogP contribution in [0, 0.1) is 0 Å². The van der Waals surface area contributed by atoms with Crippen molar-refractivity contribution in [2.75, 3.05) is 25.5 Å². The molecule has 0 bridgehead atoms. The number of benzene rings is 2. The molecule has 0 heterocycles. The van der Waals surface area contributed by atoms with Crippen LogP contribution in [-0.2, 0) is 10.3 Å². The maximum atomic E-state index is 11.9. The highest BCUT2D eigenvalue weighted by Crippen LogP contribution is 2.24. The number of anilines is 1. The van der Waals surface area contributed by atoms with E-state index in [1.54, 1.807) is 7.05 Å². The van der Waals surface area contributed by atoms with E-state index in [0.29, 0.717) is 6.54 Å². The van der Waals surface area contributed by atoms with E-state index in [9.17, 15) is 9.90 Å². The van der Waals surface area contributed by atoms with Gasteiger partial charge in [0.15, 0.2) is 5.54 Å². The normalized spacial score (nSPS) is 13.4. The summed E-state index contributed by atoms with van der Waals surface area (Å²) in [6, 6.07) is 19.0. The Balaban J connectivity index is 2.36. The van der Waals surface area contributed by atoms with Gasteiger partial charge < -0.3 is 10.0 Å². The summed E-state index contributed by atoms with van der Waals surface area (Å²) in [4.78, 5) is 13.9. The van der Waals surface area contributed by atoms with E-state index in [-0.39, 0.29) is 0 Å². The summed E-state index contributed by atoms with van der Waals surface area (Å²) >= 11 is 0. The summed E-state index contributed by atoms with van der Waals surface area (Å²) in [6.07, 6.45) is 0. The average Bonchev–Trinajstić information content (AvgIpc) is 2.54. The van der Waals surface area contributed by atoms with Gasteiger partial charge in [-0.3, -0.25) is 5.32 Å². The van der Waals surface area contributed by atoms with Gasteiger partial charge in [-0.25, -0.2) is 4.79 Å². The molecule has 0 saturated heterocycles. The first-order valence-corrected chi connectivity index (χ1v) is 6.84. The third-order valence-corrected chi connectivity index (χ3v) is 3.73. The number of nitrogens with zero attached hydrogens (tertiary/aromatic N) is 1. The lowest BCUT2D eigenvalue weighted by molar-refractivity contribution is -0.144. The minimum absolute atomic E-state index is 0.326. The Morgan fingerprint density at radius 2 is 1.62 bits per heavy atom. The zero-order valence-corrected chi connectivity index (χ0v) is 12.3. The molecule has 0 amide bonds. The molecule has 0 aliphatic carbocycles. The molecular formula is C17H20N2O2. The largest absolute Gasteiger partial charge is 0.480 e. The van der Waals surface area contributed by atoms with E-state index in [4.69, 9.17) is 0 Å². The molecule has 0 aliphatic rings. The Hall–Kier alpha value is -2.33. The van der Waals surface area contributed by atoms with E-state index < -0.39 is 11.5 Å². The van der Waals surface area contributed by atoms with Gasteiger partial charge in [0.2, 0.25) is 0 Å². The molecule has 0 aromatic heterocycles. The van der Waals surface area contributed by atoms with Gasteiger partial charge in [0.25, 0.3) is 0 Å². The molecular weight excluding hydrogens is 264 g/mol. The molecule has 0 spiro atoms. The molecule has 0 saturated carbocycles. The number of likely N-dealkylation sites (N-methyl/N-ethyl adjacent to an activating group) is 2. The first-order valence-electron chi connectivity index (χ1n) is 6.84. The topological polar surface area (TPSA) is 52.6 Å². The maximum absolute atomic E-state index is 11.9. The summed E-state index contributed by atoms with van der Waals surface area (Å²) in [7, 11) is 3.58. The lowest BCUT2D eigenvalue weighted by Gasteiger charge is -2.34. The van der Waals surface area contributed by atoms with Crippen LogP contribution in [0.3, 0.4) is 0 Å². The van der Waals surface area contributed by atoms with Crippen LogP contribution in [-0.4, -0.2) is 31.7 Å². The van der Waals surface area contributed by atoms with E-state index in [0.717, 1.165) is 11.3 Å². The highest BCUT2D eigenvalue weighted by Gasteiger charge is 2.40. The molecule has 0 fully saturated rings. The van der Waals surface area contributed by atoms with Crippen LogP contribution in [0.15, 0.2) is 60.7 Å². The van der Waals surface area contributed by atoms with Crippen molar-refractivity contribution in [3.8, 4) is 0 Å². The van der Waals surface area contributed by atoms with Crippen LogP contribution < -0.4 is 10.2 Å². The maximum Gasteiger partial charge on any atom is 0.330 e. The molecule has 110 valence electrons. The van der Waals surface area contributed by atoms with Gasteiger partial charge in [0.05, 0.1) is 6.54 Å². The molecule has 1 unspecified atom stereocenters. The monoisotopic (exact) mass is 284 g/mol. The Bertz CT molecular complexity index is 586. The van der Waals surface area contributed by atoms with Gasteiger partial charge in [-0.05, 0) is 24.7 Å². The number of carboxylic acid groups (broad SMARTS) is 1. The zero-order chi connectivity index (χ0) is 15.3. The lowest BCUT2D eigenvalue weighted by atomic mass is 9.89. The Labute approximate surface area is 125 Å². The number of hydrogen-bond donors (Lipinski definition) is 2. The molecule has 1 atom stereocenters. The zero-order valence-electron chi connectivity index (χ0n) is 12.3. The molecule has 4 nitrogen and oxygen atoms in total. The highest BCUT2D eigenvalue weighted by molar-refractivity contribution is 5.82. The lowest BCUT2D eigenvalue weighted by Crippen LogP contribution is -2.54. The summed E-state index contributed by atoms with van der Waals surface area (Å²) in [5.74, 6) is -0.890. The fourth-order valence-corrected chi connectivity index (χ4v) is 2.46. The Morgan fingerprint density at radius 1 is 1.10 bits per heavy atom. The second-order valence-electron chi connectivity index (χ2n) is 5.02. The van der Waals surface area contributed by atoms with Gasteiger partial charge >= 0.3 is 5.97 Å². The van der Waals surface area contributed by atoms with Gasteiger partial charge in [-0.2, -0.15) is 0 Å². The molecule has 0 aliphatic heterocycles. The van der Waals surface area contributed by atoms with Crippen LogP contribution in [0.25, 0.3) is 0 Å². The molecule has 2 aromatic carbocycles. The predicted octanol–water partition coefficient (Wildman–Crippen LogP) is 2.32. The van der Waals surface area contributed by atoms with E-state index in [1.165, 1.54) is 0 Å². The van der Waals surface area contributed by atoms with Crippen molar-refractivity contribution in [1.29, 1.82) is 0 Å². The number of hydrogen-bond acceptors (Lipinski definition) is 3. The van der Waals surface area contributed by atoms with Gasteiger partial charge in [-0.15, -0.1) is 0 Å². The third-order valence-electron chi connectivity index (χ3n) is 3.73. The first-order chi connectivity index (χ1) is 10.1. The molecule has 2 N–H and O–H groups in total. The van der Waals surface area contributed by atoms with Crippen molar-refractivity contribution in [2.24, 2.45) is 0 Å². The summed E-state index contributed by atoms with van der Waals surface area (Å²) in [6.45, 7) is 0.326. The molecule has 2 rings (SSSR count). The summed E-state index contributed by atoms with van der Waals surface area (Å²) in [5.41, 5.74) is 0.573. The van der Waals surface area contributed by atoms with Crippen molar-refractivity contribution in [1.82, 2.24) is 5.32 Å². The van der Waals surface area contributed by atoms with Crippen LogP contribution >= 0.6 is 0 Å². The number of carboxylic acids is 1.